The van der Waals surface area contributed by atoms with Crippen molar-refractivity contribution in [1.29, 1.82) is 0 Å². The van der Waals surface area contributed by atoms with Crippen molar-refractivity contribution in [3.8, 4) is 17.2 Å². The van der Waals surface area contributed by atoms with Crippen LogP contribution in [0.3, 0.4) is 0 Å². The summed E-state index contributed by atoms with van der Waals surface area (Å²) in [5, 5.41) is 11.8. The largest absolute Gasteiger partial charge is 0.493 e. The zero-order chi connectivity index (χ0) is 25.0. The van der Waals surface area contributed by atoms with E-state index in [1.165, 1.54) is 38.4 Å². The van der Waals surface area contributed by atoms with Crippen molar-refractivity contribution in [2.75, 3.05) is 52.4 Å². The van der Waals surface area contributed by atoms with E-state index < -0.39 is 28.3 Å². The number of anilines is 1. The number of nitro benzene ring substituents is 1. The second kappa shape index (κ2) is 10.0. The maximum absolute atomic E-state index is 13.3. The maximum atomic E-state index is 13.3. The van der Waals surface area contributed by atoms with E-state index in [9.17, 15) is 28.1 Å². The molecule has 0 N–H and O–H groups in total. The van der Waals surface area contributed by atoms with E-state index in [1.807, 2.05) is 0 Å². The number of rotatable bonds is 6. The van der Waals surface area contributed by atoms with Gasteiger partial charge in [-0.3, -0.25) is 14.9 Å². The maximum Gasteiger partial charge on any atom is 0.417 e. The summed E-state index contributed by atoms with van der Waals surface area (Å²) in [5.41, 5.74) is -1.62. The lowest BCUT2D eigenvalue weighted by Crippen LogP contribution is -2.35. The Hall–Kier alpha value is -3.77. The molecule has 1 aromatic heterocycles. The van der Waals surface area contributed by atoms with Gasteiger partial charge in [0.25, 0.3) is 5.91 Å². The summed E-state index contributed by atoms with van der Waals surface area (Å²) in [7, 11) is 3.85. The normalized spacial score (nSPS) is 14.4. The Labute approximate surface area is 193 Å². The fourth-order valence-corrected chi connectivity index (χ4v) is 3.75. The number of carbonyl (C=O) groups excluding carboxylic acids is 1. The molecule has 2 heterocycles. The van der Waals surface area contributed by atoms with Gasteiger partial charge < -0.3 is 24.0 Å². The molecule has 1 amide bonds. The number of alkyl halides is 3. The van der Waals surface area contributed by atoms with Crippen LogP contribution >= 0.6 is 0 Å². The molecule has 13 heteroatoms. The van der Waals surface area contributed by atoms with Crippen LogP contribution in [0.25, 0.3) is 0 Å². The predicted octanol–water partition coefficient (Wildman–Crippen LogP) is 3.39. The highest BCUT2D eigenvalue weighted by molar-refractivity contribution is 6.00. The predicted molar refractivity (Wildman–Crippen MR) is 115 cm³/mol. The molecule has 0 radical (unpaired) electrons. The minimum Gasteiger partial charge on any atom is -0.493 e. The lowest BCUT2D eigenvalue weighted by Gasteiger charge is -2.23. The van der Waals surface area contributed by atoms with Crippen molar-refractivity contribution in [1.82, 2.24) is 9.88 Å². The van der Waals surface area contributed by atoms with Crippen molar-refractivity contribution in [2.24, 2.45) is 0 Å². The van der Waals surface area contributed by atoms with E-state index in [4.69, 9.17) is 14.2 Å². The van der Waals surface area contributed by atoms with E-state index in [1.54, 1.807) is 4.90 Å². The van der Waals surface area contributed by atoms with Gasteiger partial charge in [0.15, 0.2) is 5.75 Å². The molecule has 3 rings (SSSR count). The smallest absolute Gasteiger partial charge is 0.417 e. The van der Waals surface area contributed by atoms with E-state index in [0.717, 1.165) is 12.3 Å². The van der Waals surface area contributed by atoms with E-state index in [-0.39, 0.29) is 42.4 Å². The summed E-state index contributed by atoms with van der Waals surface area (Å²) in [5.74, 6) is -0.405. The summed E-state index contributed by atoms with van der Waals surface area (Å²) in [6, 6.07) is 3.47. The molecule has 1 fully saturated rings. The summed E-state index contributed by atoms with van der Waals surface area (Å²) in [6.07, 6.45) is -3.24. The van der Waals surface area contributed by atoms with Gasteiger partial charge in [0.1, 0.15) is 11.4 Å². The minimum absolute atomic E-state index is 0.0105. The van der Waals surface area contributed by atoms with Crippen molar-refractivity contribution in [3.05, 3.63) is 45.6 Å². The number of methoxy groups -OCH3 is 3. The molecule has 0 aliphatic carbocycles. The molecule has 1 aromatic carbocycles. The van der Waals surface area contributed by atoms with Gasteiger partial charge in [0, 0.05) is 38.4 Å². The number of pyridine rings is 1. The molecule has 0 saturated carbocycles. The number of halogens is 3. The third kappa shape index (κ3) is 4.92. The Morgan fingerprint density at radius 1 is 1.06 bits per heavy atom. The SMILES string of the molecule is COc1cc(C(=O)N2CCCN(c3ccc(C(F)(F)F)cn3)CC2)c([N+](=O)[O-])c(OC)c1OC. The molecule has 0 unspecified atom stereocenters. The lowest BCUT2D eigenvalue weighted by atomic mass is 10.1. The summed E-state index contributed by atoms with van der Waals surface area (Å²) in [6.45, 7) is 1.18. The molecule has 0 spiro atoms. The molecule has 0 bridgehead atoms. The van der Waals surface area contributed by atoms with Crippen LogP contribution in [0.15, 0.2) is 24.4 Å². The monoisotopic (exact) mass is 484 g/mol. The number of hydrogen-bond donors (Lipinski definition) is 0. The van der Waals surface area contributed by atoms with Crippen molar-refractivity contribution >= 4 is 17.4 Å². The van der Waals surface area contributed by atoms with Crippen molar-refractivity contribution in [3.63, 3.8) is 0 Å². The minimum atomic E-state index is -4.48. The summed E-state index contributed by atoms with van der Waals surface area (Å²) >= 11 is 0. The average molecular weight is 484 g/mol. The zero-order valence-electron chi connectivity index (χ0n) is 18.7. The highest BCUT2D eigenvalue weighted by Crippen LogP contribution is 2.46. The van der Waals surface area contributed by atoms with Crippen LogP contribution < -0.4 is 19.1 Å². The Morgan fingerprint density at radius 3 is 2.29 bits per heavy atom. The molecule has 2 aromatic rings. The molecule has 1 saturated heterocycles. The summed E-state index contributed by atoms with van der Waals surface area (Å²) in [4.78, 5) is 31.5. The van der Waals surface area contributed by atoms with E-state index in [2.05, 4.69) is 4.98 Å². The van der Waals surface area contributed by atoms with Gasteiger partial charge in [-0.2, -0.15) is 13.2 Å². The first kappa shape index (κ1) is 24.9. The van der Waals surface area contributed by atoms with Crippen LogP contribution in [0.1, 0.15) is 22.3 Å². The topological polar surface area (TPSA) is 107 Å². The summed E-state index contributed by atoms with van der Waals surface area (Å²) < 4.78 is 54.0. The number of aromatic nitrogens is 1. The molecule has 184 valence electrons. The first-order chi connectivity index (χ1) is 16.1. The first-order valence-corrected chi connectivity index (χ1v) is 10.2. The van der Waals surface area contributed by atoms with Crippen LogP contribution in [0, 0.1) is 10.1 Å². The van der Waals surface area contributed by atoms with Gasteiger partial charge in [-0.15, -0.1) is 0 Å². The fraction of sp³-hybridized carbons (Fsp3) is 0.429. The van der Waals surface area contributed by atoms with Crippen molar-refractivity contribution in [2.45, 2.75) is 12.6 Å². The third-order valence-electron chi connectivity index (χ3n) is 5.40. The number of hydrogen-bond acceptors (Lipinski definition) is 8. The second-order valence-electron chi connectivity index (χ2n) is 7.33. The zero-order valence-corrected chi connectivity index (χ0v) is 18.7. The molecule has 34 heavy (non-hydrogen) atoms. The molecule has 0 atom stereocenters. The van der Waals surface area contributed by atoms with Crippen molar-refractivity contribution < 1.29 is 37.1 Å². The highest BCUT2D eigenvalue weighted by atomic mass is 19.4. The quantitative estimate of drug-likeness (QED) is 0.454. The standard InChI is InChI=1S/C21H23F3N4O6/c1-32-15-11-14(17(28(30)31)19(34-3)18(15)33-2)20(29)27-8-4-7-26(9-10-27)16-6-5-13(12-25-16)21(22,23)24/h5-6,11-12H,4,7-10H2,1-3H3. The Bertz CT molecular complexity index is 1060. The molecular weight excluding hydrogens is 461 g/mol. The molecular formula is C21H23F3N4O6. The van der Waals surface area contributed by atoms with Crippen LogP contribution in [0.2, 0.25) is 0 Å². The van der Waals surface area contributed by atoms with Crippen LogP contribution in [-0.2, 0) is 6.18 Å². The van der Waals surface area contributed by atoms with Gasteiger partial charge in [-0.05, 0) is 18.6 Å². The molecule has 1 aliphatic heterocycles. The molecule has 10 nitrogen and oxygen atoms in total. The Kier molecular flexibility index (Phi) is 7.32. The van der Waals surface area contributed by atoms with Gasteiger partial charge in [0.2, 0.25) is 11.5 Å². The average Bonchev–Trinajstić information content (AvgIpc) is 3.07. The fourth-order valence-electron chi connectivity index (χ4n) is 3.75. The number of amides is 1. The molecule has 1 aliphatic rings. The van der Waals surface area contributed by atoms with E-state index in [0.29, 0.717) is 18.8 Å². The van der Waals surface area contributed by atoms with Crippen LogP contribution in [0.5, 0.6) is 17.2 Å². The second-order valence-corrected chi connectivity index (χ2v) is 7.33. The number of ether oxygens (including phenoxy) is 3. The third-order valence-corrected chi connectivity index (χ3v) is 5.40. The van der Waals surface area contributed by atoms with Gasteiger partial charge in [0.05, 0.1) is 31.8 Å². The van der Waals surface area contributed by atoms with Gasteiger partial charge in [-0.25, -0.2) is 4.98 Å². The lowest BCUT2D eigenvalue weighted by molar-refractivity contribution is -0.386. The van der Waals surface area contributed by atoms with E-state index >= 15 is 0 Å². The number of nitrogens with zero attached hydrogens (tertiary/aromatic N) is 4. The van der Waals surface area contributed by atoms with Gasteiger partial charge >= 0.3 is 11.9 Å². The first-order valence-electron chi connectivity index (χ1n) is 10.2. The number of nitro groups is 1. The Morgan fingerprint density at radius 2 is 1.76 bits per heavy atom. The highest BCUT2D eigenvalue weighted by Gasteiger charge is 2.35. The number of carbonyl (C=O) groups is 1. The Balaban J connectivity index is 1.87. The number of benzene rings is 1. The van der Waals surface area contributed by atoms with Gasteiger partial charge in [-0.1, -0.05) is 0 Å². The van der Waals surface area contributed by atoms with Crippen LogP contribution in [0.4, 0.5) is 24.7 Å². The van der Waals surface area contributed by atoms with Crippen LogP contribution in [-0.4, -0.2) is 68.2 Å².